The molecule has 0 saturated heterocycles. The summed E-state index contributed by atoms with van der Waals surface area (Å²) in [6.45, 7) is 5.83. The van der Waals surface area contributed by atoms with E-state index < -0.39 is 10.0 Å². The average molecular weight is 368 g/mol. The summed E-state index contributed by atoms with van der Waals surface area (Å²) < 4.78 is 27.4. The first-order valence-corrected chi connectivity index (χ1v) is 9.60. The SMILES string of the molecule is Cc1ccc(Nc2ccc(NS(=O)(=O)c3ccccc3C)nn2)cc1C. The fourth-order valence-corrected chi connectivity index (χ4v) is 3.71. The molecule has 0 aliphatic heterocycles. The highest BCUT2D eigenvalue weighted by Crippen LogP contribution is 2.20. The highest BCUT2D eigenvalue weighted by atomic mass is 32.2. The van der Waals surface area contributed by atoms with Gasteiger partial charge >= 0.3 is 0 Å². The van der Waals surface area contributed by atoms with E-state index in [0.29, 0.717) is 11.4 Å². The van der Waals surface area contributed by atoms with Gasteiger partial charge in [0.2, 0.25) is 0 Å². The largest absolute Gasteiger partial charge is 0.339 e. The van der Waals surface area contributed by atoms with Crippen LogP contribution in [0.4, 0.5) is 17.3 Å². The molecule has 0 bridgehead atoms. The van der Waals surface area contributed by atoms with Gasteiger partial charge in [0.05, 0.1) is 4.90 Å². The molecule has 134 valence electrons. The number of nitrogens with one attached hydrogen (secondary N) is 2. The maximum absolute atomic E-state index is 12.5. The molecule has 0 fully saturated rings. The second-order valence-corrected chi connectivity index (χ2v) is 7.75. The lowest BCUT2D eigenvalue weighted by molar-refractivity contribution is 0.600. The minimum atomic E-state index is -3.70. The van der Waals surface area contributed by atoms with Crippen molar-refractivity contribution in [3.05, 3.63) is 71.3 Å². The third-order valence-corrected chi connectivity index (χ3v) is 5.58. The van der Waals surface area contributed by atoms with Gasteiger partial charge in [-0.1, -0.05) is 24.3 Å². The van der Waals surface area contributed by atoms with Gasteiger partial charge in [0.1, 0.15) is 0 Å². The van der Waals surface area contributed by atoms with Crippen molar-refractivity contribution in [3.8, 4) is 0 Å². The van der Waals surface area contributed by atoms with Crippen molar-refractivity contribution in [3.63, 3.8) is 0 Å². The summed E-state index contributed by atoms with van der Waals surface area (Å²) in [5, 5.41) is 11.1. The standard InChI is InChI=1S/C19H20N4O2S/c1-13-8-9-16(12-15(13)3)20-18-10-11-19(22-21-18)23-26(24,25)17-7-5-4-6-14(17)2/h4-12H,1-3H3,(H,20,21)(H,22,23). The first-order chi connectivity index (χ1) is 12.3. The number of hydrogen-bond acceptors (Lipinski definition) is 5. The molecule has 0 spiro atoms. The Labute approximate surface area is 153 Å². The maximum atomic E-state index is 12.5. The van der Waals surface area contributed by atoms with Crippen molar-refractivity contribution in [1.82, 2.24) is 10.2 Å². The number of sulfonamides is 1. The van der Waals surface area contributed by atoms with E-state index in [2.05, 4.69) is 20.2 Å². The molecule has 3 aromatic rings. The summed E-state index contributed by atoms with van der Waals surface area (Å²) in [6, 6.07) is 16.0. The van der Waals surface area contributed by atoms with Crippen LogP contribution in [0.2, 0.25) is 0 Å². The van der Waals surface area contributed by atoms with Gasteiger partial charge < -0.3 is 5.32 Å². The van der Waals surface area contributed by atoms with Crippen molar-refractivity contribution in [2.75, 3.05) is 10.0 Å². The van der Waals surface area contributed by atoms with E-state index in [1.165, 1.54) is 11.1 Å². The van der Waals surface area contributed by atoms with Crippen LogP contribution >= 0.6 is 0 Å². The molecule has 3 rings (SSSR count). The average Bonchev–Trinajstić information content (AvgIpc) is 2.60. The van der Waals surface area contributed by atoms with Gasteiger partial charge in [-0.15, -0.1) is 10.2 Å². The molecule has 7 heteroatoms. The van der Waals surface area contributed by atoms with E-state index in [-0.39, 0.29) is 10.7 Å². The normalized spacial score (nSPS) is 11.2. The molecular formula is C19H20N4O2S. The molecule has 6 nitrogen and oxygen atoms in total. The molecule has 0 aliphatic carbocycles. The third kappa shape index (κ3) is 4.00. The van der Waals surface area contributed by atoms with Crippen LogP contribution < -0.4 is 10.0 Å². The topological polar surface area (TPSA) is 84.0 Å². The first-order valence-electron chi connectivity index (χ1n) is 8.11. The lowest BCUT2D eigenvalue weighted by Crippen LogP contribution is -2.15. The summed E-state index contributed by atoms with van der Waals surface area (Å²) in [4.78, 5) is 0.221. The van der Waals surface area contributed by atoms with Gasteiger partial charge in [-0.2, -0.15) is 0 Å². The van der Waals surface area contributed by atoms with Crippen molar-refractivity contribution in [1.29, 1.82) is 0 Å². The number of aromatic nitrogens is 2. The molecule has 0 radical (unpaired) electrons. The molecule has 0 saturated carbocycles. The Bertz CT molecular complexity index is 1030. The van der Waals surface area contributed by atoms with Crippen molar-refractivity contribution < 1.29 is 8.42 Å². The minimum Gasteiger partial charge on any atom is -0.339 e. The predicted molar refractivity (Wildman–Crippen MR) is 103 cm³/mol. The summed E-state index contributed by atoms with van der Waals surface area (Å²) in [6.07, 6.45) is 0. The Hall–Kier alpha value is -2.93. The van der Waals surface area contributed by atoms with Crippen LogP contribution in [0, 0.1) is 20.8 Å². The number of nitrogens with zero attached hydrogens (tertiary/aromatic N) is 2. The Morgan fingerprint density at radius 1 is 0.769 bits per heavy atom. The van der Waals surface area contributed by atoms with Gasteiger partial charge in [-0.25, -0.2) is 8.42 Å². The maximum Gasteiger partial charge on any atom is 0.263 e. The van der Waals surface area contributed by atoms with Crippen LogP contribution in [0.5, 0.6) is 0 Å². The quantitative estimate of drug-likeness (QED) is 0.712. The molecule has 0 amide bonds. The third-order valence-electron chi connectivity index (χ3n) is 4.07. The molecular weight excluding hydrogens is 348 g/mol. The lowest BCUT2D eigenvalue weighted by Gasteiger charge is -2.10. The monoisotopic (exact) mass is 368 g/mol. The Kier molecular flexibility index (Phi) is 4.90. The molecule has 0 aliphatic rings. The second kappa shape index (κ2) is 7.13. The Morgan fingerprint density at radius 3 is 2.12 bits per heavy atom. The molecule has 26 heavy (non-hydrogen) atoms. The van der Waals surface area contributed by atoms with Crippen LogP contribution in [0.15, 0.2) is 59.5 Å². The van der Waals surface area contributed by atoms with Gasteiger partial charge in [0, 0.05) is 5.69 Å². The zero-order valence-electron chi connectivity index (χ0n) is 14.8. The number of aryl methyl sites for hydroxylation is 3. The number of benzene rings is 2. The number of hydrogen-bond donors (Lipinski definition) is 2. The van der Waals surface area contributed by atoms with Crippen molar-refractivity contribution in [2.45, 2.75) is 25.7 Å². The van der Waals surface area contributed by atoms with E-state index >= 15 is 0 Å². The van der Waals surface area contributed by atoms with Crippen LogP contribution in [0.1, 0.15) is 16.7 Å². The Balaban J connectivity index is 1.75. The van der Waals surface area contributed by atoms with E-state index in [9.17, 15) is 8.42 Å². The molecule has 0 atom stereocenters. The van der Waals surface area contributed by atoms with E-state index in [1.54, 1.807) is 43.3 Å². The van der Waals surface area contributed by atoms with Crippen molar-refractivity contribution >= 4 is 27.3 Å². The lowest BCUT2D eigenvalue weighted by atomic mass is 10.1. The van der Waals surface area contributed by atoms with E-state index in [0.717, 1.165) is 5.69 Å². The summed E-state index contributed by atoms with van der Waals surface area (Å²) in [7, 11) is -3.70. The fraction of sp³-hybridized carbons (Fsp3) is 0.158. The highest BCUT2D eigenvalue weighted by Gasteiger charge is 2.17. The molecule has 0 unspecified atom stereocenters. The van der Waals surface area contributed by atoms with Crippen LogP contribution in [0.25, 0.3) is 0 Å². The van der Waals surface area contributed by atoms with E-state index in [1.807, 2.05) is 32.0 Å². The van der Waals surface area contributed by atoms with Crippen LogP contribution in [-0.2, 0) is 10.0 Å². The van der Waals surface area contributed by atoms with Gasteiger partial charge in [0.15, 0.2) is 11.6 Å². The second-order valence-electron chi connectivity index (χ2n) is 6.10. The van der Waals surface area contributed by atoms with Crippen LogP contribution in [0.3, 0.4) is 0 Å². The smallest absolute Gasteiger partial charge is 0.263 e. The highest BCUT2D eigenvalue weighted by molar-refractivity contribution is 7.92. The molecule has 2 N–H and O–H groups in total. The predicted octanol–water partition coefficient (Wildman–Crippen LogP) is 3.95. The van der Waals surface area contributed by atoms with Crippen molar-refractivity contribution in [2.24, 2.45) is 0 Å². The summed E-state index contributed by atoms with van der Waals surface area (Å²) in [5.74, 6) is 0.700. The zero-order valence-corrected chi connectivity index (χ0v) is 15.6. The summed E-state index contributed by atoms with van der Waals surface area (Å²) >= 11 is 0. The molecule has 1 heterocycles. The number of anilines is 3. The molecule has 2 aromatic carbocycles. The van der Waals surface area contributed by atoms with Gasteiger partial charge in [-0.05, 0) is 67.8 Å². The molecule has 1 aromatic heterocycles. The summed E-state index contributed by atoms with van der Waals surface area (Å²) in [5.41, 5.74) is 3.95. The minimum absolute atomic E-state index is 0.166. The van der Waals surface area contributed by atoms with Gasteiger partial charge in [0.25, 0.3) is 10.0 Å². The number of rotatable bonds is 5. The fourth-order valence-electron chi connectivity index (χ4n) is 2.47. The first kappa shape index (κ1) is 17.9. The van der Waals surface area contributed by atoms with E-state index in [4.69, 9.17) is 0 Å². The van der Waals surface area contributed by atoms with Crippen LogP contribution in [-0.4, -0.2) is 18.6 Å². The zero-order chi connectivity index (χ0) is 18.7. The van der Waals surface area contributed by atoms with Gasteiger partial charge in [-0.3, -0.25) is 4.72 Å². The Morgan fingerprint density at radius 2 is 1.46 bits per heavy atom.